The van der Waals surface area contributed by atoms with Crippen LogP contribution in [0, 0.1) is 0 Å². The Bertz CT molecular complexity index is 1030. The number of ether oxygens (including phenoxy) is 2. The molecule has 1 aromatic heterocycles. The van der Waals surface area contributed by atoms with E-state index in [-0.39, 0.29) is 16.4 Å². The molecule has 0 atom stereocenters. The minimum atomic E-state index is -4.84. The van der Waals surface area contributed by atoms with Gasteiger partial charge in [0.1, 0.15) is 11.5 Å². The van der Waals surface area contributed by atoms with Crippen molar-refractivity contribution in [2.75, 3.05) is 19.5 Å². The molecule has 0 saturated heterocycles. The monoisotopic (exact) mass is 425 g/mol. The van der Waals surface area contributed by atoms with Crippen LogP contribution in [0.1, 0.15) is 16.1 Å². The van der Waals surface area contributed by atoms with Crippen molar-refractivity contribution in [1.29, 1.82) is 0 Å². The van der Waals surface area contributed by atoms with Gasteiger partial charge in [-0.05, 0) is 18.2 Å². The van der Waals surface area contributed by atoms with E-state index in [9.17, 15) is 18.0 Å². The lowest BCUT2D eigenvalue weighted by Crippen LogP contribution is -2.20. The van der Waals surface area contributed by atoms with E-state index in [4.69, 9.17) is 21.1 Å². The van der Waals surface area contributed by atoms with Crippen molar-refractivity contribution < 1.29 is 27.4 Å². The highest BCUT2D eigenvalue weighted by Crippen LogP contribution is 2.35. The van der Waals surface area contributed by atoms with Crippen molar-refractivity contribution in [3.8, 4) is 17.2 Å². The Morgan fingerprint density at radius 1 is 1.10 bits per heavy atom. The van der Waals surface area contributed by atoms with Crippen LogP contribution in [0.2, 0.25) is 5.02 Å². The fraction of sp³-hybridized carbons (Fsp3) is 0.158. The first-order valence-corrected chi connectivity index (χ1v) is 8.56. The Kier molecular flexibility index (Phi) is 5.69. The first-order valence-electron chi connectivity index (χ1n) is 8.18. The van der Waals surface area contributed by atoms with E-state index in [1.54, 1.807) is 6.07 Å². The number of nitrogens with zero attached hydrogens (tertiary/aromatic N) is 2. The number of rotatable bonds is 5. The molecule has 29 heavy (non-hydrogen) atoms. The fourth-order valence-electron chi connectivity index (χ4n) is 2.67. The second kappa shape index (κ2) is 8.04. The maximum absolute atomic E-state index is 13.8. The third-order valence-electron chi connectivity index (χ3n) is 3.94. The maximum Gasteiger partial charge on any atom is 0.434 e. The van der Waals surface area contributed by atoms with Gasteiger partial charge in [-0.1, -0.05) is 17.7 Å². The van der Waals surface area contributed by atoms with Crippen LogP contribution in [0.15, 0.2) is 48.7 Å². The van der Waals surface area contributed by atoms with Crippen LogP contribution in [0.5, 0.6) is 11.5 Å². The molecule has 0 saturated carbocycles. The summed E-state index contributed by atoms with van der Waals surface area (Å²) in [5, 5.41) is 6.41. The molecular formula is C19H15ClF3N3O3. The summed E-state index contributed by atoms with van der Waals surface area (Å²) in [6.45, 7) is 0. The number of anilines is 1. The van der Waals surface area contributed by atoms with Gasteiger partial charge < -0.3 is 14.8 Å². The van der Waals surface area contributed by atoms with Gasteiger partial charge in [0.25, 0.3) is 5.91 Å². The first-order chi connectivity index (χ1) is 13.7. The molecule has 1 N–H and O–H groups in total. The largest absolute Gasteiger partial charge is 0.497 e. The summed E-state index contributed by atoms with van der Waals surface area (Å²) in [4.78, 5) is 12.6. The van der Waals surface area contributed by atoms with E-state index >= 15 is 0 Å². The summed E-state index contributed by atoms with van der Waals surface area (Å²) < 4.78 is 52.1. The van der Waals surface area contributed by atoms with Gasteiger partial charge in [0.15, 0.2) is 5.69 Å². The number of halogens is 4. The highest BCUT2D eigenvalue weighted by atomic mass is 35.5. The molecule has 6 nitrogen and oxygen atoms in total. The Hall–Kier alpha value is -3.20. The number of hydrogen-bond donors (Lipinski definition) is 1. The minimum absolute atomic E-state index is 0.0759. The van der Waals surface area contributed by atoms with E-state index < -0.39 is 23.3 Å². The lowest BCUT2D eigenvalue weighted by atomic mass is 10.2. The van der Waals surface area contributed by atoms with Gasteiger partial charge in [0.2, 0.25) is 0 Å². The number of alkyl halides is 3. The predicted octanol–water partition coefficient (Wildman–Crippen LogP) is 4.81. The Morgan fingerprint density at radius 2 is 1.76 bits per heavy atom. The molecule has 0 aliphatic rings. The summed E-state index contributed by atoms with van der Waals surface area (Å²) >= 11 is 5.87. The number of carbonyl (C=O) groups is 1. The lowest BCUT2D eigenvalue weighted by molar-refractivity contribution is -0.143. The summed E-state index contributed by atoms with van der Waals surface area (Å²) in [7, 11) is 2.83. The van der Waals surface area contributed by atoms with Crippen LogP contribution in [-0.2, 0) is 6.18 Å². The van der Waals surface area contributed by atoms with Crippen molar-refractivity contribution in [1.82, 2.24) is 9.78 Å². The number of amides is 1. The van der Waals surface area contributed by atoms with Gasteiger partial charge >= 0.3 is 6.18 Å². The number of aromatic nitrogens is 2. The van der Waals surface area contributed by atoms with Crippen LogP contribution in [0.25, 0.3) is 5.69 Å². The third-order valence-corrected chi connectivity index (χ3v) is 4.18. The predicted molar refractivity (Wildman–Crippen MR) is 101 cm³/mol. The molecule has 0 spiro atoms. The van der Waals surface area contributed by atoms with Gasteiger partial charge in [0, 0.05) is 28.9 Å². The molecule has 10 heteroatoms. The number of nitrogens with one attached hydrogen (secondary N) is 1. The van der Waals surface area contributed by atoms with Crippen molar-refractivity contribution >= 4 is 23.2 Å². The van der Waals surface area contributed by atoms with Crippen molar-refractivity contribution in [2.24, 2.45) is 0 Å². The molecule has 2 aromatic carbocycles. The highest BCUT2D eigenvalue weighted by Gasteiger charge is 2.40. The number of methoxy groups -OCH3 is 2. The van der Waals surface area contributed by atoms with Gasteiger partial charge in [-0.25, -0.2) is 4.68 Å². The van der Waals surface area contributed by atoms with Gasteiger partial charge in [-0.2, -0.15) is 18.3 Å². The average Bonchev–Trinajstić information content (AvgIpc) is 3.13. The summed E-state index contributed by atoms with van der Waals surface area (Å²) in [5.74, 6) is -0.253. The van der Waals surface area contributed by atoms with Crippen molar-refractivity contribution in [3.63, 3.8) is 0 Å². The minimum Gasteiger partial charge on any atom is -0.497 e. The van der Waals surface area contributed by atoms with Crippen LogP contribution in [-0.4, -0.2) is 29.9 Å². The quantitative estimate of drug-likeness (QED) is 0.637. The zero-order chi connectivity index (χ0) is 21.2. The van der Waals surface area contributed by atoms with E-state index in [1.807, 2.05) is 0 Å². The molecule has 1 heterocycles. The smallest absolute Gasteiger partial charge is 0.434 e. The van der Waals surface area contributed by atoms with Crippen molar-refractivity contribution in [2.45, 2.75) is 6.18 Å². The molecule has 0 bridgehead atoms. The fourth-order valence-corrected chi connectivity index (χ4v) is 2.85. The second-order valence-corrected chi connectivity index (χ2v) is 6.29. The average molecular weight is 426 g/mol. The molecule has 152 valence electrons. The molecule has 0 unspecified atom stereocenters. The zero-order valence-corrected chi connectivity index (χ0v) is 16.0. The van der Waals surface area contributed by atoms with Gasteiger partial charge in [0.05, 0.1) is 31.7 Å². The van der Waals surface area contributed by atoms with Crippen molar-refractivity contribution in [3.05, 3.63) is 64.9 Å². The van der Waals surface area contributed by atoms with E-state index in [2.05, 4.69) is 10.4 Å². The van der Waals surface area contributed by atoms with Crippen LogP contribution >= 0.6 is 11.6 Å². The SMILES string of the molecule is COc1cc(NC(=O)c2cnn(-c3cccc(Cl)c3)c2C(F)(F)F)cc(OC)c1. The van der Waals surface area contributed by atoms with Crippen LogP contribution in [0.4, 0.5) is 18.9 Å². The Balaban J connectivity index is 2.02. The summed E-state index contributed by atoms with van der Waals surface area (Å²) in [5.41, 5.74) is -1.58. The summed E-state index contributed by atoms with van der Waals surface area (Å²) in [6, 6.07) is 10.2. The van der Waals surface area contributed by atoms with Gasteiger partial charge in [-0.15, -0.1) is 0 Å². The van der Waals surface area contributed by atoms with E-state index in [0.29, 0.717) is 16.2 Å². The summed E-state index contributed by atoms with van der Waals surface area (Å²) in [6.07, 6.45) is -3.98. The van der Waals surface area contributed by atoms with E-state index in [0.717, 1.165) is 6.20 Å². The number of hydrogen-bond acceptors (Lipinski definition) is 4. The molecular weight excluding hydrogens is 411 g/mol. The Morgan fingerprint density at radius 3 is 2.31 bits per heavy atom. The van der Waals surface area contributed by atoms with Crippen LogP contribution in [0.3, 0.4) is 0 Å². The molecule has 3 aromatic rings. The standard InChI is InChI=1S/C19H15ClF3N3O3/c1-28-14-7-12(8-15(9-14)29-2)25-18(27)16-10-24-26(17(16)19(21,22)23)13-5-3-4-11(20)6-13/h3-10H,1-2H3,(H,25,27). The third kappa shape index (κ3) is 4.45. The topological polar surface area (TPSA) is 65.4 Å². The molecule has 1 amide bonds. The first kappa shape index (κ1) is 20.5. The number of benzene rings is 2. The molecule has 0 aliphatic heterocycles. The molecule has 0 radical (unpaired) electrons. The molecule has 3 rings (SSSR count). The molecule has 0 aliphatic carbocycles. The normalized spacial score (nSPS) is 11.2. The maximum atomic E-state index is 13.8. The Labute approximate surface area is 168 Å². The highest BCUT2D eigenvalue weighted by molar-refractivity contribution is 6.30. The zero-order valence-electron chi connectivity index (χ0n) is 15.2. The van der Waals surface area contributed by atoms with Gasteiger partial charge in [-0.3, -0.25) is 4.79 Å². The molecule has 0 fully saturated rings. The van der Waals surface area contributed by atoms with E-state index in [1.165, 1.54) is 50.6 Å². The second-order valence-electron chi connectivity index (χ2n) is 5.85. The van der Waals surface area contributed by atoms with Crippen LogP contribution < -0.4 is 14.8 Å². The number of carbonyl (C=O) groups excluding carboxylic acids is 1. The lowest BCUT2D eigenvalue weighted by Gasteiger charge is -2.13.